The summed E-state index contributed by atoms with van der Waals surface area (Å²) in [5.74, 6) is 0.681. The van der Waals surface area contributed by atoms with E-state index in [1.165, 1.54) is 14.2 Å². The Labute approximate surface area is 123 Å². The lowest BCUT2D eigenvalue weighted by atomic mass is 10.1. The molecular weight excluding hydrogens is 270 g/mol. The highest BCUT2D eigenvalue weighted by Gasteiger charge is 2.12. The Hall–Kier alpha value is -2.69. The minimum Gasteiger partial charge on any atom is -0.507 e. The summed E-state index contributed by atoms with van der Waals surface area (Å²) < 4.78 is 10.3. The summed E-state index contributed by atoms with van der Waals surface area (Å²) >= 11 is 0. The van der Waals surface area contributed by atoms with Gasteiger partial charge >= 0.3 is 0 Å². The molecule has 5 nitrogen and oxygen atoms in total. The maximum atomic E-state index is 12.2. The summed E-state index contributed by atoms with van der Waals surface area (Å²) in [6, 6.07) is 9.94. The molecule has 0 radical (unpaired) electrons. The summed E-state index contributed by atoms with van der Waals surface area (Å²) in [6.45, 7) is 1.84. The Morgan fingerprint density at radius 2 is 1.67 bits per heavy atom. The predicted molar refractivity (Wildman–Crippen MR) is 80.3 cm³/mol. The fourth-order valence-corrected chi connectivity index (χ4v) is 1.91. The molecule has 0 saturated heterocycles. The number of phenols is 1. The molecule has 0 heterocycles. The first-order valence-electron chi connectivity index (χ1n) is 6.37. The van der Waals surface area contributed by atoms with Crippen LogP contribution in [0.3, 0.4) is 0 Å². The van der Waals surface area contributed by atoms with Crippen molar-refractivity contribution in [2.45, 2.75) is 6.92 Å². The number of carbonyl (C=O) groups is 1. The van der Waals surface area contributed by atoms with Gasteiger partial charge in [0.1, 0.15) is 17.2 Å². The Morgan fingerprint density at radius 1 is 1.05 bits per heavy atom. The molecule has 2 N–H and O–H groups in total. The monoisotopic (exact) mass is 287 g/mol. The highest BCUT2D eigenvalue weighted by atomic mass is 16.5. The zero-order chi connectivity index (χ0) is 15.4. The number of methoxy groups -OCH3 is 2. The van der Waals surface area contributed by atoms with Crippen molar-refractivity contribution in [1.82, 2.24) is 0 Å². The molecular formula is C16H17NO4. The summed E-state index contributed by atoms with van der Waals surface area (Å²) in [5, 5.41) is 12.5. The number of hydrogen-bond donors (Lipinski definition) is 2. The minimum absolute atomic E-state index is 0.0534. The molecule has 110 valence electrons. The third-order valence-electron chi connectivity index (χ3n) is 3.01. The Morgan fingerprint density at radius 3 is 2.19 bits per heavy atom. The van der Waals surface area contributed by atoms with Gasteiger partial charge in [0.2, 0.25) is 0 Å². The molecule has 0 aromatic heterocycles. The molecule has 0 saturated carbocycles. The van der Waals surface area contributed by atoms with Gasteiger partial charge < -0.3 is 19.9 Å². The molecule has 1 amide bonds. The predicted octanol–water partition coefficient (Wildman–Crippen LogP) is 2.97. The van der Waals surface area contributed by atoms with E-state index >= 15 is 0 Å². The zero-order valence-corrected chi connectivity index (χ0v) is 12.1. The van der Waals surface area contributed by atoms with E-state index in [1.54, 1.807) is 36.4 Å². The number of aromatic hydroxyl groups is 1. The molecule has 0 aliphatic carbocycles. The lowest BCUT2D eigenvalue weighted by Crippen LogP contribution is -2.12. The van der Waals surface area contributed by atoms with Crippen molar-refractivity contribution in [3.8, 4) is 17.2 Å². The van der Waals surface area contributed by atoms with E-state index in [1.807, 2.05) is 6.92 Å². The summed E-state index contributed by atoms with van der Waals surface area (Å²) in [5.41, 5.74) is 1.62. The molecule has 2 aromatic rings. The average Bonchev–Trinajstić information content (AvgIpc) is 2.46. The van der Waals surface area contributed by atoms with Crippen LogP contribution in [-0.4, -0.2) is 25.2 Å². The second-order valence-electron chi connectivity index (χ2n) is 4.58. The van der Waals surface area contributed by atoms with Crippen LogP contribution in [0.15, 0.2) is 36.4 Å². The van der Waals surface area contributed by atoms with E-state index in [9.17, 15) is 9.90 Å². The van der Waals surface area contributed by atoms with Crippen molar-refractivity contribution in [1.29, 1.82) is 0 Å². The molecule has 0 spiro atoms. The molecule has 0 atom stereocenters. The van der Waals surface area contributed by atoms with Crippen molar-refractivity contribution < 1.29 is 19.4 Å². The van der Waals surface area contributed by atoms with Gasteiger partial charge in [0.05, 0.1) is 19.8 Å². The molecule has 2 aromatic carbocycles. The van der Waals surface area contributed by atoms with Gasteiger partial charge in [0.15, 0.2) is 0 Å². The van der Waals surface area contributed by atoms with Crippen LogP contribution in [0.5, 0.6) is 17.2 Å². The van der Waals surface area contributed by atoms with Crippen LogP contribution in [0.4, 0.5) is 5.69 Å². The van der Waals surface area contributed by atoms with Crippen molar-refractivity contribution >= 4 is 11.6 Å². The van der Waals surface area contributed by atoms with Crippen LogP contribution in [0.1, 0.15) is 15.9 Å². The van der Waals surface area contributed by atoms with Gasteiger partial charge in [-0.2, -0.15) is 0 Å². The Kier molecular flexibility index (Phi) is 4.33. The molecule has 2 rings (SSSR count). The van der Waals surface area contributed by atoms with Gasteiger partial charge in [0.25, 0.3) is 5.91 Å². The third kappa shape index (κ3) is 3.45. The smallest absolute Gasteiger partial charge is 0.259 e. The summed E-state index contributed by atoms with van der Waals surface area (Å²) in [6.07, 6.45) is 0. The SMILES string of the molecule is COc1cc(NC(=O)c2ccc(C)cc2O)cc(OC)c1. The number of ether oxygens (including phenoxy) is 2. The maximum absolute atomic E-state index is 12.2. The Balaban J connectivity index is 2.26. The first kappa shape index (κ1) is 14.7. The molecule has 0 fully saturated rings. The van der Waals surface area contributed by atoms with Crippen molar-refractivity contribution in [3.63, 3.8) is 0 Å². The van der Waals surface area contributed by atoms with Crippen LogP contribution in [-0.2, 0) is 0 Å². The first-order valence-corrected chi connectivity index (χ1v) is 6.37. The minimum atomic E-state index is -0.400. The molecule has 0 bridgehead atoms. The van der Waals surface area contributed by atoms with Crippen LogP contribution >= 0.6 is 0 Å². The molecule has 21 heavy (non-hydrogen) atoms. The van der Waals surface area contributed by atoms with Gasteiger partial charge in [-0.15, -0.1) is 0 Å². The molecule has 0 unspecified atom stereocenters. The van der Waals surface area contributed by atoms with Crippen molar-refractivity contribution in [3.05, 3.63) is 47.5 Å². The van der Waals surface area contributed by atoms with E-state index < -0.39 is 5.91 Å². The number of benzene rings is 2. The first-order chi connectivity index (χ1) is 10.0. The van der Waals surface area contributed by atoms with Crippen LogP contribution in [0.25, 0.3) is 0 Å². The number of amides is 1. The highest BCUT2D eigenvalue weighted by molar-refractivity contribution is 6.06. The highest BCUT2D eigenvalue weighted by Crippen LogP contribution is 2.27. The largest absolute Gasteiger partial charge is 0.507 e. The maximum Gasteiger partial charge on any atom is 0.259 e. The van der Waals surface area contributed by atoms with Gasteiger partial charge in [-0.25, -0.2) is 0 Å². The van der Waals surface area contributed by atoms with E-state index in [0.29, 0.717) is 17.2 Å². The quantitative estimate of drug-likeness (QED) is 0.907. The second-order valence-corrected chi connectivity index (χ2v) is 4.58. The lowest BCUT2D eigenvalue weighted by molar-refractivity contribution is 0.102. The Bertz CT molecular complexity index is 645. The summed E-state index contributed by atoms with van der Waals surface area (Å²) in [7, 11) is 3.07. The number of rotatable bonds is 4. The molecule has 5 heteroatoms. The van der Waals surface area contributed by atoms with E-state index in [2.05, 4.69) is 5.32 Å². The van der Waals surface area contributed by atoms with Crippen molar-refractivity contribution in [2.24, 2.45) is 0 Å². The van der Waals surface area contributed by atoms with Gasteiger partial charge in [0, 0.05) is 23.9 Å². The van der Waals surface area contributed by atoms with Gasteiger partial charge in [-0.1, -0.05) is 6.07 Å². The lowest BCUT2D eigenvalue weighted by Gasteiger charge is -2.10. The summed E-state index contributed by atoms with van der Waals surface area (Å²) in [4.78, 5) is 12.2. The van der Waals surface area contributed by atoms with E-state index in [-0.39, 0.29) is 11.3 Å². The number of nitrogens with one attached hydrogen (secondary N) is 1. The zero-order valence-electron chi connectivity index (χ0n) is 12.1. The van der Waals surface area contributed by atoms with E-state index in [0.717, 1.165) is 5.56 Å². The van der Waals surface area contributed by atoms with E-state index in [4.69, 9.17) is 9.47 Å². The van der Waals surface area contributed by atoms with Crippen LogP contribution in [0, 0.1) is 6.92 Å². The second kappa shape index (κ2) is 6.17. The number of carbonyl (C=O) groups excluding carboxylic acids is 1. The number of hydrogen-bond acceptors (Lipinski definition) is 4. The number of aryl methyl sites for hydroxylation is 1. The number of phenolic OH excluding ortho intramolecular Hbond substituents is 1. The third-order valence-corrected chi connectivity index (χ3v) is 3.01. The standard InChI is InChI=1S/C16H17NO4/c1-10-4-5-14(15(18)6-10)16(19)17-11-7-12(20-2)9-13(8-11)21-3/h4-9,18H,1-3H3,(H,17,19). The average molecular weight is 287 g/mol. The van der Waals surface area contributed by atoms with Crippen LogP contribution < -0.4 is 14.8 Å². The fourth-order valence-electron chi connectivity index (χ4n) is 1.91. The van der Waals surface area contributed by atoms with Gasteiger partial charge in [-0.05, 0) is 24.6 Å². The van der Waals surface area contributed by atoms with Crippen LogP contribution in [0.2, 0.25) is 0 Å². The molecule has 0 aliphatic rings. The van der Waals surface area contributed by atoms with Gasteiger partial charge in [-0.3, -0.25) is 4.79 Å². The fraction of sp³-hybridized carbons (Fsp3) is 0.188. The van der Waals surface area contributed by atoms with Crippen molar-refractivity contribution in [2.75, 3.05) is 19.5 Å². The molecule has 0 aliphatic heterocycles. The number of anilines is 1. The normalized spacial score (nSPS) is 10.0. The topological polar surface area (TPSA) is 67.8 Å².